The summed E-state index contributed by atoms with van der Waals surface area (Å²) in [7, 11) is 0. The Bertz CT molecular complexity index is 2870. The van der Waals surface area contributed by atoms with Crippen molar-refractivity contribution >= 4 is 54.3 Å². The van der Waals surface area contributed by atoms with E-state index in [9.17, 15) is 0 Å². The van der Waals surface area contributed by atoms with Crippen LogP contribution in [0.3, 0.4) is 0 Å². The van der Waals surface area contributed by atoms with Crippen LogP contribution in [0.1, 0.15) is 1.37 Å². The molecule has 10 aromatic rings. The Balaban J connectivity index is 1.18. The molecule has 0 aliphatic rings. The average molecular weight is 624 g/mol. The maximum Gasteiger partial charge on any atom is 0.136 e. The van der Waals surface area contributed by atoms with Crippen LogP contribution < -0.4 is 0 Å². The first-order valence-electron chi connectivity index (χ1n) is 17.3. The zero-order valence-electron chi connectivity index (χ0n) is 27.7. The Labute approximate surface area is 285 Å². The fraction of sp³-hybridized carbons (Fsp3) is 0. The van der Waals surface area contributed by atoms with E-state index < -0.39 is 0 Å². The molecule has 0 aliphatic heterocycles. The van der Waals surface area contributed by atoms with Crippen molar-refractivity contribution in [1.29, 1.82) is 0 Å². The first kappa shape index (κ1) is 26.6. The smallest absolute Gasteiger partial charge is 0.136 e. The fourth-order valence-electron chi connectivity index (χ4n) is 7.80. The van der Waals surface area contributed by atoms with Crippen molar-refractivity contribution in [2.75, 3.05) is 0 Å². The highest BCUT2D eigenvalue weighted by molar-refractivity contribution is 6.23. The molecule has 1 heteroatoms. The quantitative estimate of drug-likeness (QED) is 0.178. The molecular formula is C48H30O. The van der Waals surface area contributed by atoms with Crippen LogP contribution >= 0.6 is 0 Å². The van der Waals surface area contributed by atoms with Crippen LogP contribution in [0.15, 0.2) is 186 Å². The third-order valence-electron chi connectivity index (χ3n) is 10.0. The van der Waals surface area contributed by atoms with Gasteiger partial charge in [-0.25, -0.2) is 0 Å². The minimum Gasteiger partial charge on any atom is -0.456 e. The van der Waals surface area contributed by atoms with E-state index in [0.29, 0.717) is 6.04 Å². The molecule has 1 aromatic heterocycles. The largest absolute Gasteiger partial charge is 0.456 e. The highest BCUT2D eigenvalue weighted by atomic mass is 16.3. The lowest BCUT2D eigenvalue weighted by atomic mass is 9.83. The maximum atomic E-state index is 7.97. The normalized spacial score (nSPS) is 12.0. The summed E-state index contributed by atoms with van der Waals surface area (Å²) < 4.78 is 14.3. The van der Waals surface area contributed by atoms with Crippen molar-refractivity contribution in [3.63, 3.8) is 0 Å². The van der Waals surface area contributed by atoms with Crippen molar-refractivity contribution in [3.05, 3.63) is 182 Å². The number of furan rings is 1. The Hall–Kier alpha value is -6.44. The van der Waals surface area contributed by atoms with E-state index in [2.05, 4.69) is 146 Å². The SMILES string of the molecule is [2H]c1ccc2cc(-c3ccc(-c4c5ccccc5c(-c5ccccc5-c5cccc6oc7ccccc7c56)c5ccccc45)cc3)ccc2c1. The van der Waals surface area contributed by atoms with Crippen molar-refractivity contribution in [1.82, 2.24) is 0 Å². The van der Waals surface area contributed by atoms with E-state index in [4.69, 9.17) is 5.79 Å². The van der Waals surface area contributed by atoms with Gasteiger partial charge in [-0.2, -0.15) is 0 Å². The van der Waals surface area contributed by atoms with Gasteiger partial charge in [0.1, 0.15) is 11.2 Å². The molecule has 0 saturated carbocycles. The van der Waals surface area contributed by atoms with Crippen LogP contribution in [0.2, 0.25) is 0 Å². The van der Waals surface area contributed by atoms with Gasteiger partial charge in [-0.15, -0.1) is 0 Å². The van der Waals surface area contributed by atoms with E-state index in [-0.39, 0.29) is 0 Å². The molecule has 0 saturated heterocycles. The molecule has 0 radical (unpaired) electrons. The molecule has 10 rings (SSSR count). The summed E-state index contributed by atoms with van der Waals surface area (Å²) in [6.45, 7) is 0. The topological polar surface area (TPSA) is 13.1 Å². The number of para-hydroxylation sites is 1. The summed E-state index contributed by atoms with van der Waals surface area (Å²) in [6, 6.07) is 63.1. The van der Waals surface area contributed by atoms with Gasteiger partial charge in [0.15, 0.2) is 0 Å². The summed E-state index contributed by atoms with van der Waals surface area (Å²) in [4.78, 5) is 0. The molecule has 0 aliphatic carbocycles. The third kappa shape index (κ3) is 4.40. The van der Waals surface area contributed by atoms with E-state index in [1.54, 1.807) is 0 Å². The second kappa shape index (κ2) is 11.1. The Morgan fingerprint density at radius 1 is 0.347 bits per heavy atom. The van der Waals surface area contributed by atoms with Crippen LogP contribution in [-0.4, -0.2) is 0 Å². The Morgan fingerprint density at radius 3 is 1.67 bits per heavy atom. The van der Waals surface area contributed by atoms with E-state index in [1.807, 2.05) is 30.3 Å². The lowest BCUT2D eigenvalue weighted by molar-refractivity contribution is 0.669. The van der Waals surface area contributed by atoms with Gasteiger partial charge in [-0.3, -0.25) is 0 Å². The Morgan fingerprint density at radius 2 is 0.918 bits per heavy atom. The van der Waals surface area contributed by atoms with Crippen LogP contribution in [0, 0.1) is 0 Å². The van der Waals surface area contributed by atoms with Gasteiger partial charge in [0, 0.05) is 10.8 Å². The van der Waals surface area contributed by atoms with Gasteiger partial charge in [-0.1, -0.05) is 164 Å². The van der Waals surface area contributed by atoms with E-state index in [0.717, 1.165) is 32.7 Å². The minimum absolute atomic E-state index is 0.535. The van der Waals surface area contributed by atoms with Crippen molar-refractivity contribution in [3.8, 4) is 44.5 Å². The number of hydrogen-bond donors (Lipinski definition) is 0. The number of benzene rings is 9. The molecule has 49 heavy (non-hydrogen) atoms. The fourth-order valence-corrected chi connectivity index (χ4v) is 7.80. The molecule has 0 amide bonds. The molecule has 9 aromatic carbocycles. The minimum atomic E-state index is 0.535. The molecule has 0 fully saturated rings. The summed E-state index contributed by atoms with van der Waals surface area (Å²) >= 11 is 0. The summed E-state index contributed by atoms with van der Waals surface area (Å²) in [5.41, 5.74) is 11.4. The molecule has 0 unspecified atom stereocenters. The zero-order chi connectivity index (χ0) is 33.2. The summed E-state index contributed by atoms with van der Waals surface area (Å²) in [5, 5.41) is 9.43. The summed E-state index contributed by atoms with van der Waals surface area (Å²) in [6.07, 6.45) is 0. The highest BCUT2D eigenvalue weighted by Crippen LogP contribution is 2.47. The zero-order valence-corrected chi connectivity index (χ0v) is 26.7. The number of fused-ring (bicyclic) bond motifs is 6. The van der Waals surface area contributed by atoms with Crippen LogP contribution in [0.5, 0.6) is 0 Å². The third-order valence-corrected chi connectivity index (χ3v) is 10.0. The van der Waals surface area contributed by atoms with Gasteiger partial charge < -0.3 is 4.42 Å². The van der Waals surface area contributed by atoms with Gasteiger partial charge in [0.2, 0.25) is 0 Å². The predicted octanol–water partition coefficient (Wildman–Crippen LogP) is 13.7. The molecule has 0 spiro atoms. The first-order chi connectivity index (χ1) is 24.7. The van der Waals surface area contributed by atoms with Crippen molar-refractivity contribution < 1.29 is 5.79 Å². The van der Waals surface area contributed by atoms with Crippen LogP contribution in [0.4, 0.5) is 0 Å². The van der Waals surface area contributed by atoms with Gasteiger partial charge in [0.05, 0.1) is 1.37 Å². The lowest BCUT2D eigenvalue weighted by Crippen LogP contribution is -1.93. The molecule has 0 atom stereocenters. The average Bonchev–Trinajstić information content (AvgIpc) is 3.56. The highest BCUT2D eigenvalue weighted by Gasteiger charge is 2.20. The van der Waals surface area contributed by atoms with E-state index in [1.165, 1.54) is 66.1 Å². The van der Waals surface area contributed by atoms with Crippen molar-refractivity contribution in [2.24, 2.45) is 0 Å². The van der Waals surface area contributed by atoms with Gasteiger partial charge >= 0.3 is 0 Å². The van der Waals surface area contributed by atoms with Crippen molar-refractivity contribution in [2.45, 2.75) is 0 Å². The molecule has 0 N–H and O–H groups in total. The first-order valence-corrected chi connectivity index (χ1v) is 16.8. The summed E-state index contributed by atoms with van der Waals surface area (Å²) in [5.74, 6) is 0. The second-order valence-corrected chi connectivity index (χ2v) is 12.7. The maximum absolute atomic E-state index is 7.97. The monoisotopic (exact) mass is 623 g/mol. The molecular weight excluding hydrogens is 593 g/mol. The standard InChI is InChI=1S/C48H30O/c1-2-13-34-30-35(29-26-31(34)12-1)32-24-27-33(28-25-32)46-39-16-5-7-18-41(39)47(42-19-8-6-17-40(42)46)37-15-4-3-14-36(37)38-21-11-23-45-48(38)43-20-9-10-22-44(43)49-45/h1-30H/i1D. The number of hydrogen-bond acceptors (Lipinski definition) is 1. The van der Waals surface area contributed by atoms with Gasteiger partial charge in [-0.05, 0) is 95.0 Å². The second-order valence-electron chi connectivity index (χ2n) is 12.7. The molecule has 1 nitrogen and oxygen atoms in total. The predicted molar refractivity (Wildman–Crippen MR) is 208 cm³/mol. The van der Waals surface area contributed by atoms with Gasteiger partial charge in [0.25, 0.3) is 0 Å². The lowest BCUT2D eigenvalue weighted by Gasteiger charge is -2.20. The van der Waals surface area contributed by atoms with Crippen LogP contribution in [-0.2, 0) is 0 Å². The molecule has 0 bridgehead atoms. The molecule has 228 valence electrons. The van der Waals surface area contributed by atoms with E-state index >= 15 is 0 Å². The Kier molecular flexibility index (Phi) is 6.02. The molecule has 1 heterocycles. The number of rotatable bonds is 4. The van der Waals surface area contributed by atoms with Crippen LogP contribution in [0.25, 0.3) is 98.8 Å².